The van der Waals surface area contributed by atoms with E-state index in [0.29, 0.717) is 36.0 Å². The van der Waals surface area contributed by atoms with Crippen molar-refractivity contribution >= 4 is 34.7 Å². The number of rotatable bonds is 4. The molecule has 3 aromatic rings. The van der Waals surface area contributed by atoms with E-state index >= 15 is 0 Å². The number of anilines is 1. The highest BCUT2D eigenvalue weighted by Gasteiger charge is 2.35. The molecule has 1 aliphatic heterocycles. The fourth-order valence-electron chi connectivity index (χ4n) is 3.59. The lowest BCUT2D eigenvalue weighted by Crippen LogP contribution is -2.43. The van der Waals surface area contributed by atoms with Crippen LogP contribution in [0, 0.1) is 0 Å². The first kappa shape index (κ1) is 19.4. The maximum Gasteiger partial charge on any atom is 0.432 e. The molecular weight excluding hydrogens is 388 g/mol. The van der Waals surface area contributed by atoms with Crippen molar-refractivity contribution in [1.29, 1.82) is 0 Å². The van der Waals surface area contributed by atoms with Gasteiger partial charge >= 0.3 is 12.2 Å². The van der Waals surface area contributed by atoms with Crippen LogP contribution in [-0.2, 0) is 16.1 Å². The maximum atomic E-state index is 12.9. The molecule has 2 aromatic carbocycles. The van der Waals surface area contributed by atoms with Crippen molar-refractivity contribution in [2.24, 2.45) is 0 Å². The maximum absolute atomic E-state index is 12.9. The lowest BCUT2D eigenvalue weighted by molar-refractivity contribution is -0.120. The molecule has 0 bridgehead atoms. The number of carbonyl (C=O) groups is 3. The third-order valence-electron chi connectivity index (χ3n) is 5.05. The first-order valence-corrected chi connectivity index (χ1v) is 9.53. The molecule has 1 aliphatic rings. The number of amides is 2. The molecule has 0 unspecified atom stereocenters. The second kappa shape index (κ2) is 8.24. The van der Waals surface area contributed by atoms with E-state index in [4.69, 9.17) is 4.74 Å². The topological polar surface area (TPSA) is 114 Å². The van der Waals surface area contributed by atoms with Crippen molar-refractivity contribution in [2.75, 3.05) is 11.9 Å². The molecule has 4 rings (SSSR count). The van der Waals surface area contributed by atoms with Gasteiger partial charge in [0, 0.05) is 11.9 Å². The quantitative estimate of drug-likeness (QED) is 0.685. The van der Waals surface area contributed by atoms with Crippen LogP contribution in [0.2, 0.25) is 0 Å². The van der Waals surface area contributed by atoms with E-state index in [1.165, 1.54) is 11.1 Å². The van der Waals surface area contributed by atoms with Gasteiger partial charge in [0.25, 0.3) is 0 Å². The van der Waals surface area contributed by atoms with E-state index in [0.717, 1.165) is 10.2 Å². The first-order chi connectivity index (χ1) is 14.5. The van der Waals surface area contributed by atoms with E-state index in [9.17, 15) is 19.5 Å². The Labute approximate surface area is 171 Å². The Morgan fingerprint density at radius 1 is 1.13 bits per heavy atom. The number of hydrogen-bond acceptors (Lipinski definition) is 5. The summed E-state index contributed by atoms with van der Waals surface area (Å²) in [5.74, 6) is -0.347. The largest absolute Gasteiger partial charge is 0.463 e. The summed E-state index contributed by atoms with van der Waals surface area (Å²) < 4.78 is 6.21. The molecule has 2 amide bonds. The summed E-state index contributed by atoms with van der Waals surface area (Å²) in [4.78, 5) is 38.1. The number of fused-ring (bicyclic) bond motifs is 1. The van der Waals surface area contributed by atoms with Gasteiger partial charge in [-0.1, -0.05) is 36.4 Å². The Morgan fingerprint density at radius 3 is 2.70 bits per heavy atom. The number of ether oxygens (including phenoxy) is 1. The molecule has 1 atom stereocenters. The second-order valence-corrected chi connectivity index (χ2v) is 6.96. The van der Waals surface area contributed by atoms with Gasteiger partial charge in [0.05, 0.1) is 17.4 Å². The van der Waals surface area contributed by atoms with Gasteiger partial charge in [0.15, 0.2) is 0 Å². The monoisotopic (exact) mass is 408 g/mol. The van der Waals surface area contributed by atoms with Crippen LogP contribution in [0.3, 0.4) is 0 Å². The van der Waals surface area contributed by atoms with Crippen LogP contribution in [0.1, 0.15) is 18.4 Å². The van der Waals surface area contributed by atoms with Gasteiger partial charge in [-0.2, -0.15) is 9.78 Å². The summed E-state index contributed by atoms with van der Waals surface area (Å²) >= 11 is 0. The Balaban J connectivity index is 1.46. The zero-order valence-corrected chi connectivity index (χ0v) is 16.0. The fourth-order valence-corrected chi connectivity index (χ4v) is 3.59. The number of likely N-dealkylation sites (tertiary alicyclic amines) is 1. The zero-order valence-electron chi connectivity index (χ0n) is 16.0. The van der Waals surface area contributed by atoms with E-state index in [-0.39, 0.29) is 12.5 Å². The number of hydrogen-bond donors (Lipinski definition) is 2. The highest BCUT2D eigenvalue weighted by Crippen LogP contribution is 2.25. The minimum Gasteiger partial charge on any atom is -0.463 e. The van der Waals surface area contributed by atoms with Crippen molar-refractivity contribution in [3.63, 3.8) is 0 Å². The lowest BCUT2D eigenvalue weighted by Gasteiger charge is -2.23. The van der Waals surface area contributed by atoms with Crippen molar-refractivity contribution in [3.05, 3.63) is 60.3 Å². The summed E-state index contributed by atoms with van der Waals surface area (Å²) in [5.41, 5.74) is 1.67. The Morgan fingerprint density at radius 2 is 1.93 bits per heavy atom. The minimum absolute atomic E-state index is 0.137. The summed E-state index contributed by atoms with van der Waals surface area (Å²) in [7, 11) is 0. The molecule has 2 heterocycles. The van der Waals surface area contributed by atoms with Crippen LogP contribution < -0.4 is 5.32 Å². The van der Waals surface area contributed by atoms with Crippen LogP contribution in [-0.4, -0.2) is 50.5 Å². The predicted molar refractivity (Wildman–Crippen MR) is 108 cm³/mol. The Hall–Kier alpha value is -3.88. The van der Waals surface area contributed by atoms with Gasteiger partial charge in [0.2, 0.25) is 5.91 Å². The SMILES string of the molecule is O=C(Nc1cccc2c1cnn2C(=O)O)[C@H]1CCCN1C(=O)OCc1ccccc1. The van der Waals surface area contributed by atoms with Crippen LogP contribution >= 0.6 is 0 Å². The minimum atomic E-state index is -1.21. The van der Waals surface area contributed by atoms with Gasteiger partial charge in [-0.05, 0) is 30.5 Å². The van der Waals surface area contributed by atoms with Gasteiger partial charge in [-0.15, -0.1) is 0 Å². The molecule has 0 saturated carbocycles. The molecule has 0 radical (unpaired) electrons. The smallest absolute Gasteiger partial charge is 0.432 e. The van der Waals surface area contributed by atoms with Crippen LogP contribution in [0.25, 0.3) is 10.9 Å². The van der Waals surface area contributed by atoms with Crippen molar-refractivity contribution < 1.29 is 24.2 Å². The van der Waals surface area contributed by atoms with Crippen molar-refractivity contribution in [2.45, 2.75) is 25.5 Å². The van der Waals surface area contributed by atoms with E-state index in [1.807, 2.05) is 30.3 Å². The first-order valence-electron chi connectivity index (χ1n) is 9.53. The normalized spacial score (nSPS) is 15.9. The molecule has 9 nitrogen and oxygen atoms in total. The number of nitrogens with one attached hydrogen (secondary N) is 1. The third kappa shape index (κ3) is 3.82. The highest BCUT2D eigenvalue weighted by molar-refractivity contribution is 6.04. The Bertz CT molecular complexity index is 1100. The highest BCUT2D eigenvalue weighted by atomic mass is 16.6. The molecule has 1 aromatic heterocycles. The number of benzene rings is 2. The standard InChI is InChI=1S/C21H20N4O5/c26-19(23-16-8-4-9-17-15(16)12-22-25(17)20(27)28)18-10-5-11-24(18)21(29)30-13-14-6-2-1-3-7-14/h1-4,6-9,12,18H,5,10-11,13H2,(H,23,26)(H,27,28)/t18-/m1/s1. The second-order valence-electron chi connectivity index (χ2n) is 6.96. The molecule has 154 valence electrons. The number of nitrogens with zero attached hydrogens (tertiary/aromatic N) is 3. The molecule has 9 heteroatoms. The zero-order chi connectivity index (χ0) is 21.1. The van der Waals surface area contributed by atoms with E-state index in [2.05, 4.69) is 10.4 Å². The average molecular weight is 408 g/mol. The predicted octanol–water partition coefficient (Wildman–Crippen LogP) is 3.30. The molecule has 1 fully saturated rings. The summed E-state index contributed by atoms with van der Waals surface area (Å²) in [6, 6.07) is 13.6. The van der Waals surface area contributed by atoms with E-state index in [1.54, 1.807) is 18.2 Å². The van der Waals surface area contributed by atoms with Crippen molar-refractivity contribution in [3.8, 4) is 0 Å². The number of carbonyl (C=O) groups excluding carboxylic acids is 2. The fraction of sp³-hybridized carbons (Fsp3) is 0.238. The molecule has 0 aliphatic carbocycles. The van der Waals surface area contributed by atoms with Gasteiger partial charge in [-0.3, -0.25) is 9.69 Å². The van der Waals surface area contributed by atoms with Gasteiger partial charge in [-0.25, -0.2) is 9.59 Å². The van der Waals surface area contributed by atoms with Crippen molar-refractivity contribution in [1.82, 2.24) is 14.7 Å². The van der Waals surface area contributed by atoms with Gasteiger partial charge in [0.1, 0.15) is 12.6 Å². The number of aromatic nitrogens is 2. The average Bonchev–Trinajstić information content (AvgIpc) is 3.40. The molecule has 2 N–H and O–H groups in total. The van der Waals surface area contributed by atoms with E-state index < -0.39 is 18.2 Å². The van der Waals surface area contributed by atoms with Crippen LogP contribution in [0.5, 0.6) is 0 Å². The lowest BCUT2D eigenvalue weighted by atomic mass is 10.1. The van der Waals surface area contributed by atoms with Gasteiger partial charge < -0.3 is 15.2 Å². The molecule has 30 heavy (non-hydrogen) atoms. The summed E-state index contributed by atoms with van der Waals surface area (Å²) in [5, 5.41) is 16.3. The Kier molecular flexibility index (Phi) is 5.34. The summed E-state index contributed by atoms with van der Waals surface area (Å²) in [6.45, 7) is 0.574. The molecular formula is C21H20N4O5. The number of carboxylic acid groups (broad SMARTS) is 1. The molecule has 0 spiro atoms. The van der Waals surface area contributed by atoms with Crippen LogP contribution in [0.15, 0.2) is 54.7 Å². The third-order valence-corrected chi connectivity index (χ3v) is 5.05. The summed E-state index contributed by atoms with van der Waals surface area (Å²) in [6.07, 6.45) is 0.862. The molecule has 1 saturated heterocycles. The van der Waals surface area contributed by atoms with Crippen LogP contribution in [0.4, 0.5) is 15.3 Å².